The number of aliphatic hydroxyl groups is 1. The van der Waals surface area contributed by atoms with Gasteiger partial charge in [-0.2, -0.15) is 0 Å². The summed E-state index contributed by atoms with van der Waals surface area (Å²) in [5, 5.41) is 14.1. The summed E-state index contributed by atoms with van der Waals surface area (Å²) >= 11 is 0. The van der Waals surface area contributed by atoms with Gasteiger partial charge in [0.15, 0.2) is 0 Å². The highest BCUT2D eigenvalue weighted by molar-refractivity contribution is 5.72. The van der Waals surface area contributed by atoms with Gasteiger partial charge in [0.1, 0.15) is 0 Å². The third-order valence-electron chi connectivity index (χ3n) is 4.48. The van der Waals surface area contributed by atoms with Crippen molar-refractivity contribution in [2.45, 2.75) is 30.4 Å². The average molecular weight is 296 g/mol. The first-order chi connectivity index (χ1) is 10.6. The summed E-state index contributed by atoms with van der Waals surface area (Å²) in [5.41, 5.74) is 6.19. The van der Waals surface area contributed by atoms with Crippen molar-refractivity contribution in [1.82, 2.24) is 5.32 Å². The largest absolute Gasteiger partial charge is 0.384 e. The molecular formula is C18H20N2O2. The van der Waals surface area contributed by atoms with Gasteiger partial charge in [-0.15, -0.1) is 0 Å². The lowest BCUT2D eigenvalue weighted by Crippen LogP contribution is -2.38. The van der Waals surface area contributed by atoms with Gasteiger partial charge in [0.2, 0.25) is 0 Å². The first-order valence-corrected chi connectivity index (χ1v) is 7.48. The molecule has 0 bridgehead atoms. The summed E-state index contributed by atoms with van der Waals surface area (Å²) in [6.07, 6.45) is 1.12. The molecule has 2 aromatic rings. The van der Waals surface area contributed by atoms with Crippen molar-refractivity contribution in [2.24, 2.45) is 5.73 Å². The molecule has 1 aliphatic rings. The van der Waals surface area contributed by atoms with Crippen LogP contribution in [0.2, 0.25) is 0 Å². The minimum atomic E-state index is -1.00. The van der Waals surface area contributed by atoms with Crippen molar-refractivity contribution >= 4 is 6.03 Å². The number of urea groups is 1. The molecule has 0 saturated heterocycles. The molecule has 1 aliphatic carbocycles. The second-order valence-electron chi connectivity index (χ2n) is 5.90. The predicted octanol–water partition coefficient (Wildman–Crippen LogP) is 2.49. The Balaban J connectivity index is 1.99. The van der Waals surface area contributed by atoms with E-state index in [0.717, 1.165) is 11.1 Å². The molecule has 3 rings (SSSR count). The molecule has 1 fully saturated rings. The molecule has 22 heavy (non-hydrogen) atoms. The molecule has 2 aromatic carbocycles. The predicted molar refractivity (Wildman–Crippen MR) is 85.3 cm³/mol. The zero-order valence-electron chi connectivity index (χ0n) is 12.3. The van der Waals surface area contributed by atoms with E-state index in [1.54, 1.807) is 0 Å². The van der Waals surface area contributed by atoms with Crippen LogP contribution in [0, 0.1) is 0 Å². The zero-order valence-corrected chi connectivity index (χ0v) is 12.3. The van der Waals surface area contributed by atoms with Crippen LogP contribution in [0.25, 0.3) is 0 Å². The first-order valence-electron chi connectivity index (χ1n) is 7.48. The normalized spacial score (nSPS) is 27.5. The zero-order chi connectivity index (χ0) is 15.6. The van der Waals surface area contributed by atoms with E-state index in [4.69, 9.17) is 5.73 Å². The van der Waals surface area contributed by atoms with Crippen LogP contribution in [0.4, 0.5) is 4.79 Å². The molecule has 3 atom stereocenters. The number of nitrogens with two attached hydrogens (primary N) is 1. The summed E-state index contributed by atoms with van der Waals surface area (Å²) in [7, 11) is 0. The molecule has 4 heteroatoms. The fourth-order valence-corrected chi connectivity index (χ4v) is 3.53. The Labute approximate surface area is 130 Å². The molecule has 2 amide bonds. The standard InChI is InChI=1S/C18H20N2O2/c19-17(21)20-15-11-16(13-7-3-1-4-8-13)18(22,12-15)14-9-5-2-6-10-14/h1-10,15-16,22H,11-12H2,(H3,19,20,21). The summed E-state index contributed by atoms with van der Waals surface area (Å²) in [6, 6.07) is 18.9. The smallest absolute Gasteiger partial charge is 0.312 e. The number of amides is 2. The van der Waals surface area contributed by atoms with E-state index in [2.05, 4.69) is 5.32 Å². The van der Waals surface area contributed by atoms with Gasteiger partial charge >= 0.3 is 6.03 Å². The van der Waals surface area contributed by atoms with Gasteiger partial charge in [0.25, 0.3) is 0 Å². The minimum absolute atomic E-state index is 0.0760. The minimum Gasteiger partial charge on any atom is -0.384 e. The lowest BCUT2D eigenvalue weighted by atomic mass is 9.80. The molecule has 0 aliphatic heterocycles. The van der Waals surface area contributed by atoms with Crippen LogP contribution < -0.4 is 11.1 Å². The Bertz CT molecular complexity index is 645. The monoisotopic (exact) mass is 296 g/mol. The Morgan fingerprint density at radius 1 is 1.09 bits per heavy atom. The summed E-state index contributed by atoms with van der Waals surface area (Å²) < 4.78 is 0. The maximum atomic E-state index is 11.4. The van der Waals surface area contributed by atoms with Crippen LogP contribution in [-0.2, 0) is 5.60 Å². The van der Waals surface area contributed by atoms with Crippen molar-refractivity contribution in [3.05, 3.63) is 71.8 Å². The Morgan fingerprint density at radius 2 is 1.68 bits per heavy atom. The summed E-state index contributed by atoms with van der Waals surface area (Å²) in [6.45, 7) is 0. The molecule has 3 unspecified atom stereocenters. The highest BCUT2D eigenvalue weighted by atomic mass is 16.3. The Hall–Kier alpha value is -2.33. The van der Waals surface area contributed by atoms with E-state index in [1.807, 2.05) is 60.7 Å². The summed E-state index contributed by atoms with van der Waals surface area (Å²) in [4.78, 5) is 11.2. The molecule has 4 nitrogen and oxygen atoms in total. The van der Waals surface area contributed by atoms with E-state index < -0.39 is 11.6 Å². The van der Waals surface area contributed by atoms with Gasteiger partial charge in [-0.25, -0.2) is 4.79 Å². The van der Waals surface area contributed by atoms with Crippen LogP contribution in [0.3, 0.4) is 0 Å². The van der Waals surface area contributed by atoms with E-state index in [-0.39, 0.29) is 12.0 Å². The van der Waals surface area contributed by atoms with Crippen molar-refractivity contribution in [3.8, 4) is 0 Å². The second-order valence-corrected chi connectivity index (χ2v) is 5.90. The topological polar surface area (TPSA) is 75.4 Å². The van der Waals surface area contributed by atoms with Gasteiger partial charge in [-0.05, 0) is 17.5 Å². The fourth-order valence-electron chi connectivity index (χ4n) is 3.53. The maximum absolute atomic E-state index is 11.4. The van der Waals surface area contributed by atoms with Gasteiger partial charge in [0, 0.05) is 18.4 Å². The Morgan fingerprint density at radius 3 is 2.27 bits per heavy atom. The highest BCUT2D eigenvalue weighted by Crippen LogP contribution is 2.49. The maximum Gasteiger partial charge on any atom is 0.312 e. The van der Waals surface area contributed by atoms with Gasteiger partial charge in [0.05, 0.1) is 5.60 Å². The first kappa shape index (κ1) is 14.6. The number of hydrogen-bond donors (Lipinski definition) is 3. The number of carbonyl (C=O) groups excluding carboxylic acids is 1. The van der Waals surface area contributed by atoms with Crippen LogP contribution >= 0.6 is 0 Å². The van der Waals surface area contributed by atoms with E-state index in [1.165, 1.54) is 0 Å². The van der Waals surface area contributed by atoms with Crippen molar-refractivity contribution in [1.29, 1.82) is 0 Å². The van der Waals surface area contributed by atoms with Crippen LogP contribution in [0.5, 0.6) is 0 Å². The molecule has 0 aromatic heterocycles. The molecule has 114 valence electrons. The van der Waals surface area contributed by atoms with Crippen LogP contribution in [0.15, 0.2) is 60.7 Å². The van der Waals surface area contributed by atoms with Gasteiger partial charge in [-0.3, -0.25) is 0 Å². The number of carbonyl (C=O) groups is 1. The molecule has 0 spiro atoms. The van der Waals surface area contributed by atoms with Crippen LogP contribution in [-0.4, -0.2) is 17.2 Å². The molecular weight excluding hydrogens is 276 g/mol. The van der Waals surface area contributed by atoms with Gasteiger partial charge in [-0.1, -0.05) is 60.7 Å². The number of primary amides is 1. The summed E-state index contributed by atoms with van der Waals surface area (Å²) in [5.74, 6) is -0.0760. The third kappa shape index (κ3) is 2.70. The van der Waals surface area contributed by atoms with E-state index >= 15 is 0 Å². The molecule has 0 heterocycles. The number of nitrogens with one attached hydrogen (secondary N) is 1. The lowest BCUT2D eigenvalue weighted by molar-refractivity contribution is 0.0243. The quantitative estimate of drug-likeness (QED) is 0.814. The fraction of sp³-hybridized carbons (Fsp3) is 0.278. The second kappa shape index (κ2) is 5.81. The van der Waals surface area contributed by atoms with E-state index in [9.17, 15) is 9.90 Å². The van der Waals surface area contributed by atoms with Crippen molar-refractivity contribution < 1.29 is 9.90 Å². The van der Waals surface area contributed by atoms with E-state index in [0.29, 0.717) is 12.8 Å². The molecule has 4 N–H and O–H groups in total. The highest BCUT2D eigenvalue weighted by Gasteiger charge is 2.48. The Kier molecular flexibility index (Phi) is 3.86. The van der Waals surface area contributed by atoms with Crippen molar-refractivity contribution in [3.63, 3.8) is 0 Å². The third-order valence-corrected chi connectivity index (χ3v) is 4.48. The van der Waals surface area contributed by atoms with Gasteiger partial charge < -0.3 is 16.2 Å². The molecule has 1 saturated carbocycles. The number of hydrogen-bond acceptors (Lipinski definition) is 2. The van der Waals surface area contributed by atoms with Crippen molar-refractivity contribution in [2.75, 3.05) is 0 Å². The number of benzene rings is 2. The van der Waals surface area contributed by atoms with Crippen LogP contribution in [0.1, 0.15) is 29.9 Å². The SMILES string of the molecule is NC(=O)NC1CC(c2ccccc2)C(O)(c2ccccc2)C1. The molecule has 0 radical (unpaired) electrons. The average Bonchev–Trinajstić information content (AvgIpc) is 2.86. The lowest BCUT2D eigenvalue weighted by Gasteiger charge is -2.31. The number of rotatable bonds is 3.